The highest BCUT2D eigenvalue weighted by Gasteiger charge is 2.44. The van der Waals surface area contributed by atoms with Gasteiger partial charge in [-0.2, -0.15) is 0 Å². The molecule has 3 atom stereocenters. The Hall–Kier alpha value is -1.50. The number of rotatable bonds is 10. The van der Waals surface area contributed by atoms with Gasteiger partial charge >= 0.3 is 0 Å². The molecule has 1 fully saturated rings. The van der Waals surface area contributed by atoms with Crippen LogP contribution in [0.3, 0.4) is 0 Å². The van der Waals surface area contributed by atoms with E-state index in [0.29, 0.717) is 26.4 Å². The summed E-state index contributed by atoms with van der Waals surface area (Å²) in [6.07, 6.45) is 0.0887. The van der Waals surface area contributed by atoms with E-state index in [1.165, 1.54) is 11.1 Å². The fraction of sp³-hybridized carbons (Fsp3) is 0.520. The molecule has 1 N–H and O–H groups in total. The van der Waals surface area contributed by atoms with Crippen LogP contribution in [0.1, 0.15) is 31.9 Å². The van der Waals surface area contributed by atoms with E-state index in [4.69, 9.17) is 13.9 Å². The highest BCUT2D eigenvalue weighted by Crippen LogP contribution is 2.37. The minimum atomic E-state index is -1.78. The summed E-state index contributed by atoms with van der Waals surface area (Å²) in [6.45, 7) is 14.0. The molecule has 2 aromatic rings. The predicted octanol–water partition coefficient (Wildman–Crippen LogP) is 5.15. The summed E-state index contributed by atoms with van der Waals surface area (Å²) in [7, 11) is -1.78. The standard InChI is InChI=1S/C25H37NO3Si/c1-25(2,3)30(4,5)29-19-23-24(28-17-21-14-10-7-11-15-21)22(26-23)18-27-16-20-12-8-6-9-13-20/h6-15,22-24,26H,16-19H2,1-5H3/t22-,23+,24-/m0/s1. The third kappa shape index (κ3) is 6.25. The minimum absolute atomic E-state index is 0.0887. The number of hydrogen-bond acceptors (Lipinski definition) is 4. The zero-order valence-electron chi connectivity index (χ0n) is 19.1. The zero-order chi connectivity index (χ0) is 21.6. The maximum atomic E-state index is 6.46. The van der Waals surface area contributed by atoms with Crippen LogP contribution in [0, 0.1) is 0 Å². The smallest absolute Gasteiger partial charge is 0.192 e. The third-order valence-corrected chi connectivity index (χ3v) is 10.8. The lowest BCUT2D eigenvalue weighted by Gasteiger charge is -2.47. The Kier molecular flexibility index (Phi) is 7.88. The van der Waals surface area contributed by atoms with Gasteiger partial charge in [-0.15, -0.1) is 0 Å². The fourth-order valence-corrected chi connectivity index (χ4v) is 4.33. The van der Waals surface area contributed by atoms with Crippen LogP contribution in [-0.4, -0.2) is 39.7 Å². The van der Waals surface area contributed by atoms with Crippen LogP contribution in [0.5, 0.6) is 0 Å². The molecule has 0 unspecified atom stereocenters. The van der Waals surface area contributed by atoms with Crippen molar-refractivity contribution in [2.75, 3.05) is 13.2 Å². The molecule has 0 radical (unpaired) electrons. The first kappa shape index (κ1) is 23.2. The van der Waals surface area contributed by atoms with Crippen LogP contribution in [0.2, 0.25) is 18.1 Å². The van der Waals surface area contributed by atoms with E-state index in [1.54, 1.807) is 0 Å². The second kappa shape index (κ2) is 10.2. The van der Waals surface area contributed by atoms with Crippen LogP contribution < -0.4 is 5.32 Å². The molecule has 2 aromatic carbocycles. The monoisotopic (exact) mass is 427 g/mol. The van der Waals surface area contributed by atoms with Gasteiger partial charge in [0.15, 0.2) is 8.32 Å². The van der Waals surface area contributed by atoms with Crippen molar-refractivity contribution in [1.29, 1.82) is 0 Å². The van der Waals surface area contributed by atoms with Crippen LogP contribution >= 0.6 is 0 Å². The van der Waals surface area contributed by atoms with Crippen LogP contribution in [-0.2, 0) is 27.1 Å². The molecule has 0 aromatic heterocycles. The molecule has 1 aliphatic rings. The third-order valence-electron chi connectivity index (χ3n) is 6.35. The number of nitrogens with one attached hydrogen (secondary N) is 1. The first-order valence-electron chi connectivity index (χ1n) is 10.9. The fourth-order valence-electron chi connectivity index (χ4n) is 3.30. The minimum Gasteiger partial charge on any atom is -0.415 e. The van der Waals surface area contributed by atoms with Crippen molar-refractivity contribution >= 4 is 8.32 Å². The maximum absolute atomic E-state index is 6.46. The molecule has 30 heavy (non-hydrogen) atoms. The Bertz CT molecular complexity index is 761. The summed E-state index contributed by atoms with van der Waals surface area (Å²) in [4.78, 5) is 0. The molecule has 4 nitrogen and oxygen atoms in total. The highest BCUT2D eigenvalue weighted by molar-refractivity contribution is 6.74. The van der Waals surface area contributed by atoms with Gasteiger partial charge in [0, 0.05) is 0 Å². The summed E-state index contributed by atoms with van der Waals surface area (Å²) in [5.74, 6) is 0. The molecule has 5 heteroatoms. The van der Waals surface area contributed by atoms with Crippen molar-refractivity contribution < 1.29 is 13.9 Å². The van der Waals surface area contributed by atoms with Gasteiger partial charge in [0.05, 0.1) is 44.6 Å². The molecular formula is C25H37NO3Si. The molecule has 1 heterocycles. The van der Waals surface area contributed by atoms with E-state index >= 15 is 0 Å². The first-order valence-corrected chi connectivity index (χ1v) is 13.8. The first-order chi connectivity index (χ1) is 14.3. The van der Waals surface area contributed by atoms with Gasteiger partial charge in [-0.3, -0.25) is 0 Å². The second-order valence-corrected chi connectivity index (χ2v) is 14.5. The average Bonchev–Trinajstić information content (AvgIpc) is 2.70. The number of benzene rings is 2. The van der Waals surface area contributed by atoms with Gasteiger partial charge in [0.25, 0.3) is 0 Å². The lowest BCUT2D eigenvalue weighted by molar-refractivity contribution is -0.0987. The largest absolute Gasteiger partial charge is 0.415 e. The van der Waals surface area contributed by atoms with E-state index in [9.17, 15) is 0 Å². The van der Waals surface area contributed by atoms with Crippen molar-refractivity contribution in [2.24, 2.45) is 0 Å². The van der Waals surface area contributed by atoms with Gasteiger partial charge in [-0.1, -0.05) is 81.4 Å². The van der Waals surface area contributed by atoms with E-state index in [0.717, 1.165) is 0 Å². The number of ether oxygens (including phenoxy) is 2. The van der Waals surface area contributed by atoms with Crippen LogP contribution in [0.4, 0.5) is 0 Å². The maximum Gasteiger partial charge on any atom is 0.192 e. The molecule has 0 aliphatic carbocycles. The normalized spacial score (nSPS) is 22.0. The van der Waals surface area contributed by atoms with Gasteiger partial charge in [0.2, 0.25) is 0 Å². The van der Waals surface area contributed by atoms with Crippen molar-refractivity contribution in [3.05, 3.63) is 71.8 Å². The van der Waals surface area contributed by atoms with Crippen molar-refractivity contribution in [3.63, 3.8) is 0 Å². The summed E-state index contributed by atoms with van der Waals surface area (Å²) in [6, 6.07) is 21.0. The van der Waals surface area contributed by atoms with E-state index in [2.05, 4.69) is 75.6 Å². The molecule has 0 amide bonds. The van der Waals surface area contributed by atoms with Gasteiger partial charge in [-0.05, 0) is 29.3 Å². The lowest BCUT2D eigenvalue weighted by Crippen LogP contribution is -2.70. The van der Waals surface area contributed by atoms with Gasteiger partial charge in [-0.25, -0.2) is 0 Å². The molecular weight excluding hydrogens is 390 g/mol. The summed E-state index contributed by atoms with van der Waals surface area (Å²) in [5, 5.41) is 3.83. The molecule has 1 saturated heterocycles. The van der Waals surface area contributed by atoms with Crippen molar-refractivity contribution in [2.45, 2.75) is 70.3 Å². The summed E-state index contributed by atoms with van der Waals surface area (Å²) in [5.41, 5.74) is 2.38. The lowest BCUT2D eigenvalue weighted by atomic mass is 9.94. The van der Waals surface area contributed by atoms with Crippen LogP contribution in [0.25, 0.3) is 0 Å². The average molecular weight is 428 g/mol. The molecule has 0 bridgehead atoms. The van der Waals surface area contributed by atoms with Crippen molar-refractivity contribution in [1.82, 2.24) is 5.32 Å². The van der Waals surface area contributed by atoms with Crippen molar-refractivity contribution in [3.8, 4) is 0 Å². The Balaban J connectivity index is 1.54. The Morgan fingerprint density at radius 3 is 1.90 bits per heavy atom. The Morgan fingerprint density at radius 2 is 1.33 bits per heavy atom. The summed E-state index contributed by atoms with van der Waals surface area (Å²) < 4.78 is 18.8. The topological polar surface area (TPSA) is 39.7 Å². The van der Waals surface area contributed by atoms with E-state index < -0.39 is 8.32 Å². The predicted molar refractivity (Wildman–Crippen MR) is 125 cm³/mol. The molecule has 3 rings (SSSR count). The van der Waals surface area contributed by atoms with Gasteiger partial charge < -0.3 is 19.2 Å². The Labute approximate surface area is 183 Å². The van der Waals surface area contributed by atoms with Crippen LogP contribution in [0.15, 0.2) is 60.7 Å². The highest BCUT2D eigenvalue weighted by atomic mass is 28.4. The SMILES string of the molecule is CC(C)(C)[Si](C)(C)OC[C@H]1N[C@@H](COCc2ccccc2)[C@@H]1OCc1ccccc1. The zero-order valence-corrected chi connectivity index (χ0v) is 20.1. The number of hydrogen-bond donors (Lipinski definition) is 1. The van der Waals surface area contributed by atoms with E-state index in [1.807, 2.05) is 24.3 Å². The molecule has 0 saturated carbocycles. The van der Waals surface area contributed by atoms with Gasteiger partial charge in [0.1, 0.15) is 0 Å². The van der Waals surface area contributed by atoms with E-state index in [-0.39, 0.29) is 23.2 Å². The summed E-state index contributed by atoms with van der Waals surface area (Å²) >= 11 is 0. The quantitative estimate of drug-likeness (QED) is 0.532. The molecule has 1 aliphatic heterocycles. The second-order valence-electron chi connectivity index (χ2n) is 9.71. The molecule has 164 valence electrons. The Morgan fingerprint density at radius 1 is 0.800 bits per heavy atom. The molecule has 0 spiro atoms.